The molecule has 0 bridgehead atoms. The van der Waals surface area contributed by atoms with Crippen molar-refractivity contribution in [1.82, 2.24) is 4.90 Å². The van der Waals surface area contributed by atoms with Gasteiger partial charge in [-0.3, -0.25) is 0 Å². The summed E-state index contributed by atoms with van der Waals surface area (Å²) in [6.07, 6.45) is 3.45. The van der Waals surface area contributed by atoms with E-state index in [2.05, 4.69) is 57.1 Å². The maximum absolute atomic E-state index is 9.69. The van der Waals surface area contributed by atoms with E-state index in [0.717, 1.165) is 12.8 Å². The Labute approximate surface area is 117 Å². The number of hydrogen-bond donors (Lipinski definition) is 1. The molecule has 1 aliphatic carbocycles. The highest BCUT2D eigenvalue weighted by Crippen LogP contribution is 2.56. The van der Waals surface area contributed by atoms with Gasteiger partial charge in [0.05, 0.1) is 6.61 Å². The SMILES string of the molecule is CCC(C)c1ccc(C(N(C)C)C2(CO)CC2)cc1. The first-order valence-corrected chi connectivity index (χ1v) is 7.41. The molecule has 2 atom stereocenters. The van der Waals surface area contributed by atoms with Gasteiger partial charge in [-0.05, 0) is 50.4 Å². The van der Waals surface area contributed by atoms with Crippen LogP contribution in [0.15, 0.2) is 24.3 Å². The third-order valence-corrected chi connectivity index (χ3v) is 4.74. The summed E-state index contributed by atoms with van der Waals surface area (Å²) < 4.78 is 0. The molecule has 0 radical (unpaired) electrons. The van der Waals surface area contributed by atoms with Gasteiger partial charge in [0.15, 0.2) is 0 Å². The van der Waals surface area contributed by atoms with Crippen LogP contribution in [0.2, 0.25) is 0 Å². The lowest BCUT2D eigenvalue weighted by atomic mass is 9.88. The van der Waals surface area contributed by atoms with E-state index in [0.29, 0.717) is 18.6 Å². The van der Waals surface area contributed by atoms with Crippen molar-refractivity contribution in [2.45, 2.75) is 45.1 Å². The summed E-state index contributed by atoms with van der Waals surface area (Å²) in [6, 6.07) is 9.36. The van der Waals surface area contributed by atoms with Crippen molar-refractivity contribution in [2.75, 3.05) is 20.7 Å². The molecular formula is C17H27NO. The minimum absolute atomic E-state index is 0.0986. The van der Waals surface area contributed by atoms with E-state index in [1.165, 1.54) is 17.5 Å². The number of rotatable bonds is 6. The van der Waals surface area contributed by atoms with Crippen LogP contribution in [0.5, 0.6) is 0 Å². The van der Waals surface area contributed by atoms with Crippen molar-refractivity contribution in [3.63, 3.8) is 0 Å². The van der Waals surface area contributed by atoms with E-state index in [1.54, 1.807) is 0 Å². The molecule has 106 valence electrons. The van der Waals surface area contributed by atoms with Gasteiger partial charge in [0.25, 0.3) is 0 Å². The first-order valence-electron chi connectivity index (χ1n) is 7.41. The Morgan fingerprint density at radius 1 is 1.16 bits per heavy atom. The number of benzene rings is 1. The van der Waals surface area contributed by atoms with Crippen molar-refractivity contribution in [1.29, 1.82) is 0 Å². The topological polar surface area (TPSA) is 23.5 Å². The third-order valence-electron chi connectivity index (χ3n) is 4.74. The summed E-state index contributed by atoms with van der Waals surface area (Å²) >= 11 is 0. The third kappa shape index (κ3) is 2.85. The molecular weight excluding hydrogens is 234 g/mol. The summed E-state index contributed by atoms with van der Waals surface area (Å²) in [5, 5.41) is 9.69. The van der Waals surface area contributed by atoms with Crippen LogP contribution in [0.25, 0.3) is 0 Å². The van der Waals surface area contributed by atoms with Crippen LogP contribution in [0.4, 0.5) is 0 Å². The maximum atomic E-state index is 9.69. The number of hydrogen-bond acceptors (Lipinski definition) is 2. The van der Waals surface area contributed by atoms with E-state index in [4.69, 9.17) is 0 Å². The van der Waals surface area contributed by atoms with Gasteiger partial charge in [0, 0.05) is 11.5 Å². The van der Waals surface area contributed by atoms with E-state index in [9.17, 15) is 5.11 Å². The molecule has 2 heteroatoms. The second-order valence-electron chi connectivity index (χ2n) is 6.36. The average molecular weight is 261 g/mol. The smallest absolute Gasteiger partial charge is 0.0505 e. The average Bonchev–Trinajstić information content (AvgIpc) is 3.19. The lowest BCUT2D eigenvalue weighted by molar-refractivity contribution is 0.115. The molecule has 0 amide bonds. The number of aliphatic hydroxyl groups excluding tert-OH is 1. The molecule has 0 aromatic heterocycles. The fraction of sp³-hybridized carbons (Fsp3) is 0.647. The highest BCUT2D eigenvalue weighted by molar-refractivity contribution is 5.30. The van der Waals surface area contributed by atoms with Gasteiger partial charge in [-0.2, -0.15) is 0 Å². The largest absolute Gasteiger partial charge is 0.396 e. The quantitative estimate of drug-likeness (QED) is 0.846. The first-order chi connectivity index (χ1) is 9.04. The Morgan fingerprint density at radius 3 is 2.05 bits per heavy atom. The van der Waals surface area contributed by atoms with Crippen molar-refractivity contribution in [3.05, 3.63) is 35.4 Å². The van der Waals surface area contributed by atoms with Gasteiger partial charge in [0.2, 0.25) is 0 Å². The standard InChI is InChI=1S/C17H27NO/c1-5-13(2)14-6-8-15(9-7-14)16(18(3)4)17(12-19)10-11-17/h6-9,13,16,19H,5,10-12H2,1-4H3. The molecule has 1 aromatic rings. The van der Waals surface area contributed by atoms with Crippen LogP contribution < -0.4 is 0 Å². The maximum Gasteiger partial charge on any atom is 0.0505 e. The fourth-order valence-corrected chi connectivity index (χ4v) is 3.12. The minimum atomic E-state index is 0.0986. The highest BCUT2D eigenvalue weighted by Gasteiger charge is 2.50. The molecule has 2 unspecified atom stereocenters. The summed E-state index contributed by atoms with van der Waals surface area (Å²) in [7, 11) is 4.23. The molecule has 2 rings (SSSR count). The second-order valence-corrected chi connectivity index (χ2v) is 6.36. The lowest BCUT2D eigenvalue weighted by Gasteiger charge is -2.32. The zero-order valence-electron chi connectivity index (χ0n) is 12.7. The van der Waals surface area contributed by atoms with Crippen molar-refractivity contribution in [2.24, 2.45) is 5.41 Å². The lowest BCUT2D eigenvalue weighted by Crippen LogP contribution is -2.30. The van der Waals surface area contributed by atoms with E-state index < -0.39 is 0 Å². The van der Waals surface area contributed by atoms with Crippen LogP contribution in [0.1, 0.15) is 56.2 Å². The summed E-state index contributed by atoms with van der Waals surface area (Å²) in [6.45, 7) is 4.80. The normalized spacial score (nSPS) is 20.3. The minimum Gasteiger partial charge on any atom is -0.396 e. The number of aliphatic hydroxyl groups is 1. The summed E-state index contributed by atoms with van der Waals surface area (Å²) in [4.78, 5) is 2.25. The van der Waals surface area contributed by atoms with Crippen molar-refractivity contribution >= 4 is 0 Å². The highest BCUT2D eigenvalue weighted by atomic mass is 16.3. The summed E-state index contributed by atoms with van der Waals surface area (Å²) in [5.74, 6) is 0.625. The van der Waals surface area contributed by atoms with Gasteiger partial charge in [-0.15, -0.1) is 0 Å². The molecule has 1 saturated carbocycles. The zero-order valence-corrected chi connectivity index (χ0v) is 12.7. The van der Waals surface area contributed by atoms with Crippen molar-refractivity contribution < 1.29 is 5.11 Å². The monoisotopic (exact) mass is 261 g/mol. The Kier molecular flexibility index (Phi) is 4.32. The Balaban J connectivity index is 2.24. The predicted molar refractivity (Wildman–Crippen MR) is 80.3 cm³/mol. The van der Waals surface area contributed by atoms with Crippen LogP contribution in [0.3, 0.4) is 0 Å². The van der Waals surface area contributed by atoms with E-state index in [1.807, 2.05) is 0 Å². The van der Waals surface area contributed by atoms with Gasteiger partial charge >= 0.3 is 0 Å². The van der Waals surface area contributed by atoms with E-state index in [-0.39, 0.29) is 5.41 Å². The van der Waals surface area contributed by atoms with Gasteiger partial charge in [-0.25, -0.2) is 0 Å². The first kappa shape index (κ1) is 14.5. The molecule has 0 saturated heterocycles. The molecule has 0 heterocycles. The molecule has 0 spiro atoms. The Morgan fingerprint density at radius 2 is 1.68 bits per heavy atom. The van der Waals surface area contributed by atoms with Crippen LogP contribution in [0, 0.1) is 5.41 Å². The molecule has 0 aliphatic heterocycles. The Bertz CT molecular complexity index is 406. The molecule has 1 aliphatic rings. The van der Waals surface area contributed by atoms with Crippen LogP contribution in [-0.4, -0.2) is 30.7 Å². The second kappa shape index (κ2) is 5.64. The van der Waals surface area contributed by atoms with Gasteiger partial charge in [-0.1, -0.05) is 38.1 Å². The van der Waals surface area contributed by atoms with Gasteiger partial charge < -0.3 is 10.0 Å². The van der Waals surface area contributed by atoms with Crippen LogP contribution >= 0.6 is 0 Å². The molecule has 1 N–H and O–H groups in total. The predicted octanol–water partition coefficient (Wildman–Crippen LogP) is 3.58. The zero-order chi connectivity index (χ0) is 14.0. The fourth-order valence-electron chi connectivity index (χ4n) is 3.12. The molecule has 19 heavy (non-hydrogen) atoms. The molecule has 2 nitrogen and oxygen atoms in total. The van der Waals surface area contributed by atoms with Crippen LogP contribution in [-0.2, 0) is 0 Å². The molecule has 1 aromatic carbocycles. The Hall–Kier alpha value is -0.860. The molecule has 1 fully saturated rings. The number of nitrogens with zero attached hydrogens (tertiary/aromatic N) is 1. The summed E-state index contributed by atoms with van der Waals surface area (Å²) in [5.41, 5.74) is 2.85. The van der Waals surface area contributed by atoms with Crippen molar-refractivity contribution in [3.8, 4) is 0 Å². The van der Waals surface area contributed by atoms with E-state index >= 15 is 0 Å². The van der Waals surface area contributed by atoms with Gasteiger partial charge in [0.1, 0.15) is 0 Å².